The highest BCUT2D eigenvalue weighted by atomic mass is 79.9. The molecule has 0 heterocycles. The smallest absolute Gasteiger partial charge is 0.221 e. The van der Waals surface area contributed by atoms with Crippen molar-refractivity contribution in [2.24, 2.45) is 11.5 Å². The average Bonchev–Trinajstić information content (AvgIpc) is 2.10. The van der Waals surface area contributed by atoms with Crippen molar-refractivity contribution in [3.63, 3.8) is 0 Å². The van der Waals surface area contributed by atoms with Crippen molar-refractivity contribution in [3.8, 4) is 0 Å². The van der Waals surface area contributed by atoms with Crippen LogP contribution in [0.4, 0.5) is 4.39 Å². The summed E-state index contributed by atoms with van der Waals surface area (Å²) in [5.41, 5.74) is 11.7. The number of halogens is 2. The van der Waals surface area contributed by atoms with Crippen LogP contribution < -0.4 is 11.5 Å². The van der Waals surface area contributed by atoms with Gasteiger partial charge in [0.2, 0.25) is 5.91 Å². The molecule has 0 aliphatic rings. The molecule has 0 bridgehead atoms. The van der Waals surface area contributed by atoms with Crippen molar-refractivity contribution in [1.82, 2.24) is 0 Å². The summed E-state index contributed by atoms with van der Waals surface area (Å²) in [5.74, 6) is -0.917. The van der Waals surface area contributed by atoms with Crippen LogP contribution in [-0.2, 0) is 17.8 Å². The number of amides is 1. The molecular formula is C9H10BrFN2O. The Morgan fingerprint density at radius 3 is 2.57 bits per heavy atom. The third-order valence-corrected chi connectivity index (χ3v) is 2.43. The van der Waals surface area contributed by atoms with Gasteiger partial charge in [-0.1, -0.05) is 0 Å². The Bertz CT molecular complexity index is 368. The lowest BCUT2D eigenvalue weighted by atomic mass is 10.0. The van der Waals surface area contributed by atoms with E-state index in [0.717, 1.165) is 5.56 Å². The van der Waals surface area contributed by atoms with Gasteiger partial charge in [-0.3, -0.25) is 4.79 Å². The highest BCUT2D eigenvalue weighted by Gasteiger charge is 2.09. The zero-order valence-electron chi connectivity index (χ0n) is 7.39. The van der Waals surface area contributed by atoms with Gasteiger partial charge in [-0.25, -0.2) is 4.39 Å². The van der Waals surface area contributed by atoms with Crippen molar-refractivity contribution >= 4 is 21.8 Å². The Kier molecular flexibility index (Phi) is 3.60. The Morgan fingerprint density at radius 2 is 2.07 bits per heavy atom. The van der Waals surface area contributed by atoms with Crippen molar-refractivity contribution < 1.29 is 9.18 Å². The number of benzene rings is 1. The van der Waals surface area contributed by atoms with E-state index in [2.05, 4.69) is 15.9 Å². The van der Waals surface area contributed by atoms with Crippen molar-refractivity contribution in [3.05, 3.63) is 33.5 Å². The average molecular weight is 261 g/mol. The lowest BCUT2D eigenvalue weighted by Crippen LogP contribution is -2.16. The number of hydrogen-bond acceptors (Lipinski definition) is 2. The molecule has 0 saturated carbocycles. The van der Waals surface area contributed by atoms with Crippen LogP contribution in [0.25, 0.3) is 0 Å². The molecule has 1 amide bonds. The van der Waals surface area contributed by atoms with Crippen molar-refractivity contribution in [2.75, 3.05) is 0 Å². The quantitative estimate of drug-likeness (QED) is 0.854. The predicted molar refractivity (Wildman–Crippen MR) is 54.9 cm³/mol. The molecule has 14 heavy (non-hydrogen) atoms. The van der Waals surface area contributed by atoms with Gasteiger partial charge in [0.05, 0.1) is 10.9 Å². The number of primary amides is 1. The maximum atomic E-state index is 13.1. The van der Waals surface area contributed by atoms with Crippen LogP contribution in [0.1, 0.15) is 11.1 Å². The van der Waals surface area contributed by atoms with E-state index in [9.17, 15) is 9.18 Å². The molecule has 0 atom stereocenters. The van der Waals surface area contributed by atoms with E-state index in [1.807, 2.05) is 0 Å². The van der Waals surface area contributed by atoms with E-state index in [-0.39, 0.29) is 13.0 Å². The van der Waals surface area contributed by atoms with Crippen LogP contribution in [0.3, 0.4) is 0 Å². The third-order valence-electron chi connectivity index (χ3n) is 1.83. The van der Waals surface area contributed by atoms with Crippen LogP contribution in [0.5, 0.6) is 0 Å². The first-order valence-electron chi connectivity index (χ1n) is 3.99. The van der Waals surface area contributed by atoms with Gasteiger partial charge in [0.1, 0.15) is 5.82 Å². The summed E-state index contributed by atoms with van der Waals surface area (Å²) < 4.78 is 13.4. The molecule has 0 saturated heterocycles. The second-order valence-electron chi connectivity index (χ2n) is 2.88. The fourth-order valence-electron chi connectivity index (χ4n) is 1.17. The number of carbonyl (C=O) groups excluding carboxylic acids is 1. The van der Waals surface area contributed by atoms with Crippen LogP contribution in [0.15, 0.2) is 16.6 Å². The fraction of sp³-hybridized carbons (Fsp3) is 0.222. The minimum Gasteiger partial charge on any atom is -0.369 e. The van der Waals surface area contributed by atoms with Gasteiger partial charge in [-0.05, 0) is 39.2 Å². The first kappa shape index (κ1) is 11.1. The monoisotopic (exact) mass is 260 g/mol. The number of nitrogens with two attached hydrogens (primary N) is 2. The first-order chi connectivity index (χ1) is 6.54. The Balaban J connectivity index is 3.13. The van der Waals surface area contributed by atoms with Gasteiger partial charge in [-0.15, -0.1) is 0 Å². The Morgan fingerprint density at radius 1 is 1.43 bits per heavy atom. The van der Waals surface area contributed by atoms with Gasteiger partial charge in [0.15, 0.2) is 0 Å². The molecule has 5 heteroatoms. The number of carbonyl (C=O) groups is 1. The molecule has 0 unspecified atom stereocenters. The maximum Gasteiger partial charge on any atom is 0.221 e. The normalized spacial score (nSPS) is 10.2. The molecule has 0 radical (unpaired) electrons. The van der Waals surface area contributed by atoms with Crippen LogP contribution >= 0.6 is 15.9 Å². The lowest BCUT2D eigenvalue weighted by Gasteiger charge is -2.07. The zero-order valence-corrected chi connectivity index (χ0v) is 8.97. The van der Waals surface area contributed by atoms with Gasteiger partial charge < -0.3 is 11.5 Å². The molecule has 1 rings (SSSR count). The fourth-order valence-corrected chi connectivity index (χ4v) is 1.56. The van der Waals surface area contributed by atoms with E-state index in [1.165, 1.54) is 6.07 Å². The minimum absolute atomic E-state index is 0.0106. The standard InChI is InChI=1S/C9H10BrFN2O/c10-7-1-6(4-12)5(2-8(7)11)3-9(13)14/h1-2H,3-4,12H2,(H2,13,14). The minimum atomic E-state index is -0.499. The summed E-state index contributed by atoms with van der Waals surface area (Å²) in [7, 11) is 0. The summed E-state index contributed by atoms with van der Waals surface area (Å²) in [6.45, 7) is 0.251. The van der Waals surface area contributed by atoms with E-state index < -0.39 is 11.7 Å². The van der Waals surface area contributed by atoms with E-state index in [4.69, 9.17) is 11.5 Å². The largest absolute Gasteiger partial charge is 0.369 e. The van der Waals surface area contributed by atoms with Gasteiger partial charge >= 0.3 is 0 Å². The lowest BCUT2D eigenvalue weighted by molar-refractivity contribution is -0.117. The zero-order chi connectivity index (χ0) is 10.7. The van der Waals surface area contributed by atoms with Crippen LogP contribution in [-0.4, -0.2) is 5.91 Å². The molecule has 76 valence electrons. The summed E-state index contributed by atoms with van der Waals surface area (Å²) >= 11 is 3.04. The topological polar surface area (TPSA) is 69.1 Å². The molecule has 3 nitrogen and oxygen atoms in total. The number of rotatable bonds is 3. The second-order valence-corrected chi connectivity index (χ2v) is 3.74. The Labute approximate surface area is 89.4 Å². The van der Waals surface area contributed by atoms with E-state index in [1.54, 1.807) is 6.07 Å². The van der Waals surface area contributed by atoms with Crippen LogP contribution in [0.2, 0.25) is 0 Å². The van der Waals surface area contributed by atoms with Gasteiger partial charge in [0.25, 0.3) is 0 Å². The molecular weight excluding hydrogens is 251 g/mol. The van der Waals surface area contributed by atoms with Gasteiger partial charge in [0, 0.05) is 6.54 Å². The highest BCUT2D eigenvalue weighted by molar-refractivity contribution is 9.10. The molecule has 0 spiro atoms. The molecule has 0 aromatic heterocycles. The van der Waals surface area contributed by atoms with E-state index >= 15 is 0 Å². The SMILES string of the molecule is NCc1cc(Br)c(F)cc1CC(N)=O. The third kappa shape index (κ3) is 2.52. The summed E-state index contributed by atoms with van der Waals surface area (Å²) in [6, 6.07) is 2.84. The Hall–Kier alpha value is -0.940. The molecule has 0 aliphatic carbocycles. The van der Waals surface area contributed by atoms with Crippen molar-refractivity contribution in [2.45, 2.75) is 13.0 Å². The van der Waals surface area contributed by atoms with Gasteiger partial charge in [-0.2, -0.15) is 0 Å². The summed E-state index contributed by atoms with van der Waals surface area (Å²) in [5, 5.41) is 0. The predicted octanol–water partition coefficient (Wildman–Crippen LogP) is 1.07. The summed E-state index contributed by atoms with van der Waals surface area (Å²) in [6.07, 6.45) is 0.0106. The second kappa shape index (κ2) is 4.52. The molecule has 1 aromatic carbocycles. The molecule has 1 aromatic rings. The molecule has 0 fully saturated rings. The summed E-state index contributed by atoms with van der Waals surface area (Å²) in [4.78, 5) is 10.7. The highest BCUT2D eigenvalue weighted by Crippen LogP contribution is 2.21. The van der Waals surface area contributed by atoms with Crippen LogP contribution in [0, 0.1) is 5.82 Å². The van der Waals surface area contributed by atoms with E-state index in [0.29, 0.717) is 10.0 Å². The van der Waals surface area contributed by atoms with Crippen molar-refractivity contribution in [1.29, 1.82) is 0 Å². The first-order valence-corrected chi connectivity index (χ1v) is 4.79. The molecule has 0 aliphatic heterocycles. The molecule has 4 N–H and O–H groups in total. The number of hydrogen-bond donors (Lipinski definition) is 2. The maximum absolute atomic E-state index is 13.1.